The zero-order chi connectivity index (χ0) is 17.9. The van der Waals surface area contributed by atoms with Gasteiger partial charge < -0.3 is 13.7 Å². The average Bonchev–Trinajstić information content (AvgIpc) is 3.29. The van der Waals surface area contributed by atoms with Gasteiger partial charge in [0, 0.05) is 25.5 Å². The van der Waals surface area contributed by atoms with Crippen LogP contribution in [0.25, 0.3) is 11.1 Å². The molecule has 1 saturated heterocycles. The fourth-order valence-electron chi connectivity index (χ4n) is 4.42. The quantitative estimate of drug-likeness (QED) is 0.719. The summed E-state index contributed by atoms with van der Waals surface area (Å²) < 4.78 is 11.5. The summed E-state index contributed by atoms with van der Waals surface area (Å²) in [6.07, 6.45) is 3.63. The molecule has 2 atom stereocenters. The van der Waals surface area contributed by atoms with Crippen molar-refractivity contribution < 1.29 is 13.6 Å². The summed E-state index contributed by atoms with van der Waals surface area (Å²) in [4.78, 5) is 19.5. The fourth-order valence-corrected chi connectivity index (χ4v) is 4.42. The van der Waals surface area contributed by atoms with Crippen molar-refractivity contribution >= 4 is 17.0 Å². The standard InChI is InChI=1S/C19H20N4O3/c1-3-16-21-22-18(26-16)19-8-6-13(19)7-9-23(19)17(24)12-4-5-14-15(10-12)25-11(2)20-14/h4-5,10,13H,3,6-9H2,1-2H3/t13-,19-/m0/s1. The van der Waals surface area contributed by atoms with E-state index in [4.69, 9.17) is 8.83 Å². The van der Waals surface area contributed by atoms with Crippen LogP contribution in [0.2, 0.25) is 0 Å². The van der Waals surface area contributed by atoms with Gasteiger partial charge in [-0.3, -0.25) is 4.79 Å². The first-order chi connectivity index (χ1) is 12.6. The molecule has 0 N–H and O–H groups in total. The summed E-state index contributed by atoms with van der Waals surface area (Å²) >= 11 is 0. The molecular weight excluding hydrogens is 332 g/mol. The van der Waals surface area contributed by atoms with Gasteiger partial charge in [0.15, 0.2) is 11.5 Å². The second kappa shape index (κ2) is 5.40. The molecule has 5 rings (SSSR count). The van der Waals surface area contributed by atoms with Crippen LogP contribution < -0.4 is 0 Å². The van der Waals surface area contributed by atoms with Crippen molar-refractivity contribution in [2.75, 3.05) is 6.54 Å². The van der Waals surface area contributed by atoms with Crippen molar-refractivity contribution in [1.82, 2.24) is 20.1 Å². The highest BCUT2D eigenvalue weighted by Crippen LogP contribution is 2.56. The smallest absolute Gasteiger partial charge is 0.254 e. The predicted octanol–water partition coefficient (Wildman–Crippen LogP) is 3.23. The molecule has 1 aliphatic heterocycles. The number of likely N-dealkylation sites (tertiary alicyclic amines) is 1. The molecule has 7 nitrogen and oxygen atoms in total. The molecule has 0 bridgehead atoms. The normalized spacial score (nSPS) is 24.7. The number of hydrogen-bond donors (Lipinski definition) is 0. The molecule has 0 radical (unpaired) electrons. The highest BCUT2D eigenvalue weighted by atomic mass is 16.4. The monoisotopic (exact) mass is 352 g/mol. The molecule has 7 heteroatoms. The Kier molecular flexibility index (Phi) is 3.23. The van der Waals surface area contributed by atoms with Crippen molar-refractivity contribution in [1.29, 1.82) is 0 Å². The number of amides is 1. The minimum absolute atomic E-state index is 0.0144. The molecule has 3 aromatic rings. The van der Waals surface area contributed by atoms with Crippen molar-refractivity contribution in [3.8, 4) is 0 Å². The number of benzene rings is 1. The first-order valence-corrected chi connectivity index (χ1v) is 9.14. The van der Waals surface area contributed by atoms with Crippen molar-refractivity contribution in [3.05, 3.63) is 41.4 Å². The third-order valence-electron chi connectivity index (χ3n) is 5.86. The first-order valence-electron chi connectivity index (χ1n) is 9.14. The van der Waals surface area contributed by atoms with E-state index in [1.807, 2.05) is 24.0 Å². The van der Waals surface area contributed by atoms with Gasteiger partial charge in [-0.2, -0.15) is 0 Å². The number of carbonyl (C=O) groups is 1. The van der Waals surface area contributed by atoms with E-state index in [1.54, 1.807) is 13.0 Å². The summed E-state index contributed by atoms with van der Waals surface area (Å²) in [5, 5.41) is 8.41. The molecule has 3 heterocycles. The lowest BCUT2D eigenvalue weighted by molar-refractivity contribution is -0.00356. The van der Waals surface area contributed by atoms with Gasteiger partial charge >= 0.3 is 0 Å². The predicted molar refractivity (Wildman–Crippen MR) is 92.5 cm³/mol. The zero-order valence-corrected chi connectivity index (χ0v) is 14.9. The molecular formula is C19H20N4O3. The molecule has 2 aliphatic rings. The molecule has 2 fully saturated rings. The molecule has 2 aromatic heterocycles. The molecule has 1 amide bonds. The van der Waals surface area contributed by atoms with Gasteiger partial charge in [0.1, 0.15) is 11.1 Å². The zero-order valence-electron chi connectivity index (χ0n) is 14.9. The molecule has 1 aromatic carbocycles. The Morgan fingerprint density at radius 1 is 1.31 bits per heavy atom. The Bertz CT molecular complexity index is 1010. The van der Waals surface area contributed by atoms with E-state index in [1.165, 1.54) is 0 Å². The largest absolute Gasteiger partial charge is 0.441 e. The molecule has 0 spiro atoms. The Balaban J connectivity index is 1.53. The average molecular weight is 352 g/mol. The van der Waals surface area contributed by atoms with E-state index in [-0.39, 0.29) is 5.91 Å². The van der Waals surface area contributed by atoms with Gasteiger partial charge in [0.25, 0.3) is 5.91 Å². The number of aromatic nitrogens is 3. The number of rotatable bonds is 3. The van der Waals surface area contributed by atoms with Crippen LogP contribution in [0.3, 0.4) is 0 Å². The maximum atomic E-state index is 13.3. The van der Waals surface area contributed by atoms with Gasteiger partial charge in [-0.15, -0.1) is 10.2 Å². The number of oxazole rings is 1. The van der Waals surface area contributed by atoms with Gasteiger partial charge in [0.2, 0.25) is 11.8 Å². The topological polar surface area (TPSA) is 85.3 Å². The summed E-state index contributed by atoms with van der Waals surface area (Å²) in [5.41, 5.74) is 1.57. The minimum Gasteiger partial charge on any atom is -0.441 e. The lowest BCUT2D eigenvalue weighted by Gasteiger charge is -2.47. The van der Waals surface area contributed by atoms with Gasteiger partial charge in [-0.25, -0.2) is 4.98 Å². The van der Waals surface area contributed by atoms with Crippen LogP contribution in [0, 0.1) is 12.8 Å². The van der Waals surface area contributed by atoms with Crippen LogP contribution in [0.5, 0.6) is 0 Å². The van der Waals surface area contributed by atoms with Crippen molar-refractivity contribution in [2.45, 2.75) is 45.1 Å². The summed E-state index contributed by atoms with van der Waals surface area (Å²) in [5.74, 6) is 2.19. The maximum absolute atomic E-state index is 13.3. The summed E-state index contributed by atoms with van der Waals surface area (Å²) in [7, 11) is 0. The Labute approximate surface area is 150 Å². The van der Waals surface area contributed by atoms with Gasteiger partial charge in [-0.1, -0.05) is 6.92 Å². The molecule has 0 unspecified atom stereocenters. The molecule has 134 valence electrons. The first kappa shape index (κ1) is 15.5. The van der Waals surface area contributed by atoms with Gasteiger partial charge in [-0.05, 0) is 43.4 Å². The minimum atomic E-state index is -0.441. The van der Waals surface area contributed by atoms with Crippen LogP contribution in [0.1, 0.15) is 54.2 Å². The second-order valence-electron chi connectivity index (χ2n) is 7.18. The lowest BCUT2D eigenvalue weighted by Crippen LogP contribution is -2.53. The highest BCUT2D eigenvalue weighted by molar-refractivity contribution is 5.97. The lowest BCUT2D eigenvalue weighted by atomic mass is 9.67. The van der Waals surface area contributed by atoms with Crippen LogP contribution in [-0.2, 0) is 12.0 Å². The van der Waals surface area contributed by atoms with E-state index in [9.17, 15) is 4.79 Å². The van der Waals surface area contributed by atoms with E-state index < -0.39 is 5.54 Å². The Morgan fingerprint density at radius 2 is 2.19 bits per heavy atom. The highest BCUT2D eigenvalue weighted by Gasteiger charge is 2.61. The molecule has 1 saturated carbocycles. The van der Waals surface area contributed by atoms with Gasteiger partial charge in [0.05, 0.1) is 0 Å². The number of carbonyl (C=O) groups excluding carboxylic acids is 1. The van der Waals surface area contributed by atoms with E-state index in [0.29, 0.717) is 47.7 Å². The number of nitrogens with zero attached hydrogens (tertiary/aromatic N) is 4. The van der Waals surface area contributed by atoms with E-state index in [0.717, 1.165) is 24.8 Å². The fraction of sp³-hybridized carbons (Fsp3) is 0.474. The molecule has 1 aliphatic carbocycles. The van der Waals surface area contributed by atoms with Crippen LogP contribution in [0.4, 0.5) is 0 Å². The summed E-state index contributed by atoms with van der Waals surface area (Å²) in [6.45, 7) is 4.50. The van der Waals surface area contributed by atoms with E-state index in [2.05, 4.69) is 15.2 Å². The Hall–Kier alpha value is -2.70. The van der Waals surface area contributed by atoms with Crippen LogP contribution in [-0.4, -0.2) is 32.5 Å². The van der Waals surface area contributed by atoms with Crippen LogP contribution in [0.15, 0.2) is 27.0 Å². The Morgan fingerprint density at radius 3 is 2.92 bits per heavy atom. The molecule has 26 heavy (non-hydrogen) atoms. The maximum Gasteiger partial charge on any atom is 0.254 e. The third kappa shape index (κ3) is 2.00. The third-order valence-corrected chi connectivity index (χ3v) is 5.86. The second-order valence-corrected chi connectivity index (χ2v) is 7.18. The number of hydrogen-bond acceptors (Lipinski definition) is 6. The summed E-state index contributed by atoms with van der Waals surface area (Å²) in [6, 6.07) is 5.43. The number of fused-ring (bicyclic) bond motifs is 2. The number of aryl methyl sites for hydroxylation is 2. The van der Waals surface area contributed by atoms with Crippen molar-refractivity contribution in [3.63, 3.8) is 0 Å². The van der Waals surface area contributed by atoms with Crippen LogP contribution >= 0.6 is 0 Å². The van der Waals surface area contributed by atoms with Crippen molar-refractivity contribution in [2.24, 2.45) is 5.92 Å². The van der Waals surface area contributed by atoms with E-state index >= 15 is 0 Å². The SMILES string of the molecule is CCc1nnc([C@]23CC[C@H]2CCN3C(=O)c2ccc3nc(C)oc3c2)o1.